The highest BCUT2D eigenvalue weighted by Gasteiger charge is 2.34. The summed E-state index contributed by atoms with van der Waals surface area (Å²) in [6.45, 7) is 5.60. The summed E-state index contributed by atoms with van der Waals surface area (Å²) in [5.41, 5.74) is 0. The summed E-state index contributed by atoms with van der Waals surface area (Å²) in [6, 6.07) is 0. The number of cyclic esters (lactones) is 1. The topological polar surface area (TPSA) is 185 Å². The van der Waals surface area contributed by atoms with Crippen molar-refractivity contribution < 1.29 is 50.1 Å². The van der Waals surface area contributed by atoms with Gasteiger partial charge in [0, 0.05) is 18.8 Å². The fourth-order valence-electron chi connectivity index (χ4n) is 5.08. The van der Waals surface area contributed by atoms with Crippen molar-refractivity contribution in [2.24, 2.45) is 17.8 Å². The lowest BCUT2D eigenvalue weighted by molar-refractivity contribution is -0.161. The van der Waals surface area contributed by atoms with Gasteiger partial charge in [0.25, 0.3) is 0 Å². The molecule has 0 saturated heterocycles. The van der Waals surface area contributed by atoms with E-state index < -0.39 is 66.5 Å². The monoisotopic (exact) mass is 608 g/mol. The first-order chi connectivity index (χ1) is 20.4. The number of carbonyl (C=O) groups excluding carboxylic acids is 1. The minimum atomic E-state index is -1.54. The number of esters is 1. The summed E-state index contributed by atoms with van der Waals surface area (Å²) in [5, 5.41) is 72.2. The van der Waals surface area contributed by atoms with Crippen LogP contribution in [-0.2, 0) is 14.3 Å². The molecule has 0 bridgehead atoms. The number of allylic oxidation sites excluding steroid dienone is 8. The summed E-state index contributed by atoms with van der Waals surface area (Å²) in [7, 11) is 0. The largest absolute Gasteiger partial charge is 0.481 e. The molecular formula is C33H52O10. The van der Waals surface area contributed by atoms with Crippen LogP contribution < -0.4 is 0 Å². The van der Waals surface area contributed by atoms with Gasteiger partial charge in [-0.3, -0.25) is 9.59 Å². The quantitative estimate of drug-likeness (QED) is 0.235. The van der Waals surface area contributed by atoms with E-state index in [4.69, 9.17) is 4.74 Å². The van der Waals surface area contributed by atoms with Crippen molar-refractivity contribution in [3.63, 3.8) is 0 Å². The van der Waals surface area contributed by atoms with Crippen molar-refractivity contribution in [2.45, 2.75) is 115 Å². The average Bonchev–Trinajstić information content (AvgIpc) is 2.92. The molecule has 43 heavy (non-hydrogen) atoms. The predicted molar refractivity (Wildman–Crippen MR) is 164 cm³/mol. The number of rotatable bonds is 3. The van der Waals surface area contributed by atoms with E-state index in [9.17, 15) is 45.3 Å². The van der Waals surface area contributed by atoms with Gasteiger partial charge in [-0.1, -0.05) is 81.5 Å². The van der Waals surface area contributed by atoms with E-state index in [-0.39, 0.29) is 38.0 Å². The molecule has 244 valence electrons. The molecule has 10 heteroatoms. The van der Waals surface area contributed by atoms with Crippen LogP contribution in [0.4, 0.5) is 0 Å². The smallest absolute Gasteiger partial charge is 0.312 e. The van der Waals surface area contributed by atoms with Crippen molar-refractivity contribution in [1.29, 1.82) is 0 Å². The number of hydrogen-bond donors (Lipinski definition) is 7. The van der Waals surface area contributed by atoms with Crippen LogP contribution in [0, 0.1) is 17.8 Å². The van der Waals surface area contributed by atoms with Gasteiger partial charge < -0.3 is 40.5 Å². The molecule has 1 aliphatic rings. The minimum absolute atomic E-state index is 0.0442. The van der Waals surface area contributed by atoms with Crippen LogP contribution in [0.25, 0.3) is 0 Å². The van der Waals surface area contributed by atoms with Crippen molar-refractivity contribution in [2.75, 3.05) is 0 Å². The first kappa shape index (κ1) is 38.4. The standard InChI is InChI=1S/C33H52O10/c1-4-26-28(38)21-25(36)19-23(34)16-14-17-24(35)20-29(39)31(32(40)41)27(37)18-13-11-9-7-6-8-10-12-15-22(3)30(5-2)43-33(26)42/h6-13,15,18,22-31,34-39H,4-5,14,16-17,19-21H2,1-3H3,(H,40,41). The molecule has 0 aromatic heterocycles. The molecule has 0 aromatic carbocycles. The molecule has 0 aromatic rings. The van der Waals surface area contributed by atoms with Gasteiger partial charge in [0.1, 0.15) is 12.0 Å². The lowest BCUT2D eigenvalue weighted by atomic mass is 9.90. The molecule has 0 fully saturated rings. The SMILES string of the molecule is CCC1OC(=O)C(CC)C(O)CC(O)CC(O)CCCC(O)CC(O)C(C(=O)O)C(O)C=CC=CC=CC=CC=CC1C. The number of carboxylic acids is 1. The molecule has 0 amide bonds. The summed E-state index contributed by atoms with van der Waals surface area (Å²) < 4.78 is 5.74. The molecule has 0 radical (unpaired) electrons. The number of aliphatic hydroxyl groups excluding tert-OH is 6. The van der Waals surface area contributed by atoms with Crippen LogP contribution in [0.1, 0.15) is 72.1 Å². The molecule has 1 rings (SSSR count). The zero-order valence-electron chi connectivity index (χ0n) is 25.6. The summed E-state index contributed by atoms with van der Waals surface area (Å²) >= 11 is 0. The number of aliphatic carboxylic acids is 1. The van der Waals surface area contributed by atoms with Gasteiger partial charge in [0.2, 0.25) is 0 Å². The third-order valence-electron chi connectivity index (χ3n) is 7.68. The minimum Gasteiger partial charge on any atom is -0.481 e. The number of carbonyl (C=O) groups is 2. The van der Waals surface area contributed by atoms with Gasteiger partial charge in [0.05, 0.1) is 42.5 Å². The van der Waals surface area contributed by atoms with Crippen molar-refractivity contribution in [3.8, 4) is 0 Å². The van der Waals surface area contributed by atoms with Crippen LogP contribution in [0.2, 0.25) is 0 Å². The maximum Gasteiger partial charge on any atom is 0.312 e. The summed E-state index contributed by atoms with van der Waals surface area (Å²) in [6.07, 6.45) is 10.4. The maximum atomic E-state index is 12.9. The van der Waals surface area contributed by atoms with Crippen LogP contribution in [0.3, 0.4) is 0 Å². The number of hydrogen-bond acceptors (Lipinski definition) is 9. The third-order valence-corrected chi connectivity index (χ3v) is 7.68. The summed E-state index contributed by atoms with van der Waals surface area (Å²) in [5.74, 6) is -4.39. The highest BCUT2D eigenvalue weighted by Crippen LogP contribution is 2.23. The zero-order chi connectivity index (χ0) is 32.4. The van der Waals surface area contributed by atoms with Gasteiger partial charge >= 0.3 is 11.9 Å². The normalized spacial score (nSPS) is 35.1. The zero-order valence-corrected chi connectivity index (χ0v) is 25.6. The van der Waals surface area contributed by atoms with Crippen LogP contribution in [0.15, 0.2) is 60.8 Å². The number of ether oxygens (including phenoxy) is 1. The summed E-state index contributed by atoms with van der Waals surface area (Å²) in [4.78, 5) is 24.6. The van der Waals surface area contributed by atoms with Gasteiger partial charge in [-0.05, 0) is 38.5 Å². The molecule has 0 spiro atoms. The highest BCUT2D eigenvalue weighted by molar-refractivity contribution is 5.73. The Labute approximate surface area is 255 Å². The second-order valence-corrected chi connectivity index (χ2v) is 11.3. The van der Waals surface area contributed by atoms with Crippen molar-refractivity contribution >= 4 is 11.9 Å². The van der Waals surface area contributed by atoms with E-state index in [1.807, 2.05) is 32.1 Å². The van der Waals surface area contributed by atoms with Crippen LogP contribution in [-0.4, -0.2) is 90.4 Å². The lowest BCUT2D eigenvalue weighted by Crippen LogP contribution is -2.39. The second kappa shape index (κ2) is 21.2. The van der Waals surface area contributed by atoms with E-state index in [0.29, 0.717) is 19.3 Å². The van der Waals surface area contributed by atoms with Crippen molar-refractivity contribution in [1.82, 2.24) is 0 Å². The Balaban J connectivity index is 3.08. The van der Waals surface area contributed by atoms with E-state index in [2.05, 4.69) is 0 Å². The predicted octanol–water partition coefficient (Wildman–Crippen LogP) is 2.97. The molecule has 1 heterocycles. The van der Waals surface area contributed by atoms with Crippen molar-refractivity contribution in [3.05, 3.63) is 60.8 Å². The third kappa shape index (κ3) is 15.1. The first-order valence-corrected chi connectivity index (χ1v) is 15.3. The molecule has 1 aliphatic heterocycles. The van der Waals surface area contributed by atoms with Crippen LogP contribution in [0.5, 0.6) is 0 Å². The average molecular weight is 609 g/mol. The Kier molecular flexibility index (Phi) is 18.9. The Hall–Kier alpha value is -2.60. The maximum absolute atomic E-state index is 12.9. The molecule has 0 saturated carbocycles. The molecular weight excluding hydrogens is 556 g/mol. The highest BCUT2D eigenvalue weighted by atomic mass is 16.5. The molecule has 10 unspecified atom stereocenters. The Morgan fingerprint density at radius 1 is 0.744 bits per heavy atom. The van der Waals surface area contributed by atoms with Crippen LogP contribution >= 0.6 is 0 Å². The fraction of sp³-hybridized carbons (Fsp3) is 0.636. The lowest BCUT2D eigenvalue weighted by Gasteiger charge is -2.27. The van der Waals surface area contributed by atoms with E-state index in [1.54, 1.807) is 37.3 Å². The first-order valence-electron chi connectivity index (χ1n) is 15.3. The second-order valence-electron chi connectivity index (χ2n) is 11.3. The molecule has 0 aliphatic carbocycles. The molecule has 7 N–H and O–H groups in total. The fourth-order valence-corrected chi connectivity index (χ4v) is 5.08. The Morgan fingerprint density at radius 2 is 1.26 bits per heavy atom. The Morgan fingerprint density at radius 3 is 1.79 bits per heavy atom. The van der Waals surface area contributed by atoms with E-state index in [1.165, 1.54) is 12.2 Å². The van der Waals surface area contributed by atoms with E-state index in [0.717, 1.165) is 0 Å². The molecule has 10 nitrogen and oxygen atoms in total. The van der Waals surface area contributed by atoms with Gasteiger partial charge in [-0.15, -0.1) is 0 Å². The van der Waals surface area contributed by atoms with Gasteiger partial charge in [-0.25, -0.2) is 0 Å². The number of carboxylic acid groups (broad SMARTS) is 1. The molecule has 10 atom stereocenters. The van der Waals surface area contributed by atoms with Gasteiger partial charge in [-0.2, -0.15) is 0 Å². The van der Waals surface area contributed by atoms with E-state index >= 15 is 0 Å². The number of aliphatic hydroxyl groups is 6. The van der Waals surface area contributed by atoms with Gasteiger partial charge in [0.15, 0.2) is 0 Å². The Bertz CT molecular complexity index is 955.